The number of ether oxygens (including phenoxy) is 1. The van der Waals surface area contributed by atoms with Crippen LogP contribution in [-0.4, -0.2) is 80.8 Å². The molecule has 0 unspecified atom stereocenters. The number of carbonyl (C=O) groups is 3. The Morgan fingerprint density at radius 3 is 2.18 bits per heavy atom. The first-order valence-corrected chi connectivity index (χ1v) is 16.0. The van der Waals surface area contributed by atoms with Crippen LogP contribution in [0.15, 0.2) is 54.7 Å². The van der Waals surface area contributed by atoms with Crippen molar-refractivity contribution in [2.24, 2.45) is 5.41 Å². The van der Waals surface area contributed by atoms with E-state index in [4.69, 9.17) is 25.0 Å². The van der Waals surface area contributed by atoms with Crippen LogP contribution in [-0.2, 0) is 20.9 Å². The summed E-state index contributed by atoms with van der Waals surface area (Å²) in [5, 5.41) is 32.8. The van der Waals surface area contributed by atoms with Gasteiger partial charge in [-0.2, -0.15) is 0 Å². The summed E-state index contributed by atoms with van der Waals surface area (Å²) in [6.45, 7) is 11.4. The molecule has 1 heterocycles. The molecule has 0 aliphatic rings. The van der Waals surface area contributed by atoms with Gasteiger partial charge >= 0.3 is 12.1 Å². The topological polar surface area (TPSA) is 175 Å². The van der Waals surface area contributed by atoms with Crippen LogP contribution in [0.5, 0.6) is 0 Å². The molecule has 0 bridgehead atoms. The molecule has 2 aromatic carbocycles. The number of aliphatic hydroxyl groups is 2. The Balaban J connectivity index is 0.00000197. The fourth-order valence-corrected chi connectivity index (χ4v) is 4.68. The van der Waals surface area contributed by atoms with Gasteiger partial charge in [-0.05, 0) is 62.9 Å². The van der Waals surface area contributed by atoms with E-state index in [2.05, 4.69) is 16.0 Å². The molecule has 0 fully saturated rings. The van der Waals surface area contributed by atoms with Gasteiger partial charge in [0.05, 0.1) is 31.4 Å². The van der Waals surface area contributed by atoms with Crippen molar-refractivity contribution in [2.75, 3.05) is 26.3 Å². The standard InChI is InChI=1S/C33H43F2N5O5.C2H6O2/c1-32(2,3)28(36-16-14-25(30(43)37-17-15-27(41)42)39-31(44)45-33(4,5)6)29-38-26(23-18-22(34)12-13-24(23)35)20-40(29)19-21-10-8-7-9-11-21;3-1-2-4/h7-13,18,20,25,28,36H,14-17,19H2,1-6H3,(H,37,43)(H,39,44)(H,41,42);3-4H,1-2H2/t25-,28-;/m0./s1. The van der Waals surface area contributed by atoms with Crippen LogP contribution in [0, 0.1) is 17.0 Å². The highest BCUT2D eigenvalue weighted by molar-refractivity contribution is 5.86. The van der Waals surface area contributed by atoms with Crippen molar-refractivity contribution >= 4 is 18.0 Å². The number of carboxylic acids is 1. The second kappa shape index (κ2) is 19.0. The number of hydrogen-bond acceptors (Lipinski definition) is 8. The zero-order chi connectivity index (χ0) is 36.8. The molecule has 0 aliphatic carbocycles. The van der Waals surface area contributed by atoms with Gasteiger partial charge in [-0.3, -0.25) is 9.59 Å². The van der Waals surface area contributed by atoms with Gasteiger partial charge in [0.15, 0.2) is 0 Å². The lowest BCUT2D eigenvalue weighted by molar-refractivity contribution is -0.137. The number of nitrogens with zero attached hydrogens (tertiary/aromatic N) is 2. The lowest BCUT2D eigenvalue weighted by atomic mass is 9.86. The minimum Gasteiger partial charge on any atom is -0.481 e. The van der Waals surface area contributed by atoms with Crippen molar-refractivity contribution in [2.45, 2.75) is 78.6 Å². The Morgan fingerprint density at radius 1 is 0.959 bits per heavy atom. The van der Waals surface area contributed by atoms with Crippen LogP contribution in [0.2, 0.25) is 0 Å². The van der Waals surface area contributed by atoms with Gasteiger partial charge in [-0.25, -0.2) is 18.6 Å². The summed E-state index contributed by atoms with van der Waals surface area (Å²) in [5.41, 5.74) is 0.0648. The largest absolute Gasteiger partial charge is 0.481 e. The Bertz CT molecular complexity index is 1500. The molecule has 14 heteroatoms. The smallest absolute Gasteiger partial charge is 0.408 e. The molecule has 2 atom stereocenters. The number of hydrogen-bond donors (Lipinski definition) is 6. The highest BCUT2D eigenvalue weighted by atomic mass is 19.1. The molecule has 12 nitrogen and oxygen atoms in total. The molecule has 0 radical (unpaired) electrons. The summed E-state index contributed by atoms with van der Waals surface area (Å²) in [4.78, 5) is 41.2. The van der Waals surface area contributed by atoms with Crippen molar-refractivity contribution in [1.29, 1.82) is 0 Å². The second-order valence-corrected chi connectivity index (χ2v) is 13.3. The van der Waals surface area contributed by atoms with E-state index in [1.807, 2.05) is 55.7 Å². The van der Waals surface area contributed by atoms with Gasteiger partial charge in [0.2, 0.25) is 5.91 Å². The quantitative estimate of drug-likeness (QED) is 0.143. The highest BCUT2D eigenvalue weighted by Gasteiger charge is 2.32. The van der Waals surface area contributed by atoms with Gasteiger partial charge in [-0.1, -0.05) is 51.1 Å². The Kier molecular flexibility index (Phi) is 15.8. The zero-order valence-electron chi connectivity index (χ0n) is 28.9. The number of benzene rings is 2. The fourth-order valence-electron chi connectivity index (χ4n) is 4.68. The number of alkyl carbamates (subject to hydrolysis) is 1. The summed E-state index contributed by atoms with van der Waals surface area (Å²) in [6.07, 6.45) is 0.778. The third-order valence-corrected chi connectivity index (χ3v) is 6.86. The van der Waals surface area contributed by atoms with Gasteiger partial charge in [0.25, 0.3) is 0 Å². The van der Waals surface area contributed by atoms with E-state index in [0.717, 1.165) is 23.8 Å². The molecule has 0 saturated carbocycles. The highest BCUT2D eigenvalue weighted by Crippen LogP contribution is 2.35. The normalized spacial score (nSPS) is 12.7. The first kappa shape index (κ1) is 40.8. The maximum atomic E-state index is 14.8. The molecular formula is C35H49F2N5O7. The molecule has 0 aliphatic heterocycles. The van der Waals surface area contributed by atoms with Gasteiger partial charge in [0, 0.05) is 24.8 Å². The van der Waals surface area contributed by atoms with Gasteiger partial charge in [0.1, 0.15) is 29.1 Å². The van der Waals surface area contributed by atoms with E-state index in [1.54, 1.807) is 27.0 Å². The molecule has 0 saturated heterocycles. The van der Waals surface area contributed by atoms with Crippen LogP contribution in [0.4, 0.5) is 13.6 Å². The lowest BCUT2D eigenvalue weighted by Crippen LogP contribution is -2.50. The predicted molar refractivity (Wildman–Crippen MR) is 181 cm³/mol. The average Bonchev–Trinajstić information content (AvgIpc) is 3.41. The number of nitrogens with one attached hydrogen (secondary N) is 3. The molecular weight excluding hydrogens is 640 g/mol. The molecule has 270 valence electrons. The predicted octanol–water partition coefficient (Wildman–Crippen LogP) is 4.40. The van der Waals surface area contributed by atoms with E-state index in [1.165, 1.54) is 0 Å². The van der Waals surface area contributed by atoms with Gasteiger partial charge in [-0.15, -0.1) is 0 Å². The summed E-state index contributed by atoms with van der Waals surface area (Å²) in [6, 6.07) is 11.4. The molecule has 0 spiro atoms. The third kappa shape index (κ3) is 14.3. The molecule has 2 amide bonds. The maximum Gasteiger partial charge on any atom is 0.408 e. The number of carboxylic acid groups (broad SMARTS) is 1. The number of imidazole rings is 1. The van der Waals surface area contributed by atoms with E-state index in [9.17, 15) is 23.2 Å². The number of rotatable bonds is 14. The van der Waals surface area contributed by atoms with Crippen molar-refractivity contribution < 1.29 is 43.2 Å². The number of halogens is 2. The number of aliphatic hydroxyl groups excluding tert-OH is 2. The lowest BCUT2D eigenvalue weighted by Gasteiger charge is -2.32. The van der Waals surface area contributed by atoms with Crippen LogP contribution < -0.4 is 16.0 Å². The van der Waals surface area contributed by atoms with E-state index in [0.29, 0.717) is 12.4 Å². The molecule has 1 aromatic heterocycles. The summed E-state index contributed by atoms with van der Waals surface area (Å²) < 4.78 is 36.2. The molecule has 49 heavy (non-hydrogen) atoms. The zero-order valence-corrected chi connectivity index (χ0v) is 28.9. The van der Waals surface area contributed by atoms with Crippen molar-refractivity contribution in [3.05, 3.63) is 77.8 Å². The number of aliphatic carboxylic acids is 1. The Hall–Kier alpha value is -4.40. The maximum absolute atomic E-state index is 14.8. The minimum absolute atomic E-state index is 0.0374. The first-order valence-electron chi connectivity index (χ1n) is 16.0. The van der Waals surface area contributed by atoms with Crippen molar-refractivity contribution in [3.63, 3.8) is 0 Å². The molecule has 3 aromatic rings. The molecule has 6 N–H and O–H groups in total. The number of aromatic nitrogens is 2. The Labute approximate surface area is 285 Å². The first-order chi connectivity index (χ1) is 22.9. The monoisotopic (exact) mass is 689 g/mol. The van der Waals surface area contributed by atoms with E-state index in [-0.39, 0.29) is 50.4 Å². The second-order valence-electron chi connectivity index (χ2n) is 13.3. The number of amides is 2. The fraction of sp³-hybridized carbons (Fsp3) is 0.486. The average molecular weight is 690 g/mol. The van der Waals surface area contributed by atoms with Gasteiger partial charge < -0.3 is 40.6 Å². The van der Waals surface area contributed by atoms with Crippen LogP contribution >= 0.6 is 0 Å². The third-order valence-electron chi connectivity index (χ3n) is 6.86. The van der Waals surface area contributed by atoms with Crippen LogP contribution in [0.3, 0.4) is 0 Å². The van der Waals surface area contributed by atoms with Crippen molar-refractivity contribution in [1.82, 2.24) is 25.5 Å². The van der Waals surface area contributed by atoms with E-state index >= 15 is 0 Å². The SMILES string of the molecule is CC(C)(C)OC(=O)N[C@@H](CCN[C@@H](c1nc(-c2cc(F)ccc2F)cn1Cc1ccccc1)C(C)(C)C)C(=O)NCCC(=O)O.OCCO. The summed E-state index contributed by atoms with van der Waals surface area (Å²) in [7, 11) is 0. The van der Waals surface area contributed by atoms with Crippen LogP contribution in [0.25, 0.3) is 11.3 Å². The molecule has 3 rings (SSSR count). The van der Waals surface area contributed by atoms with E-state index < -0.39 is 52.7 Å². The summed E-state index contributed by atoms with van der Waals surface area (Å²) in [5.74, 6) is -2.22. The number of carbonyl (C=O) groups excluding carboxylic acids is 2. The minimum atomic E-state index is -1.06. The van der Waals surface area contributed by atoms with Crippen molar-refractivity contribution in [3.8, 4) is 11.3 Å². The summed E-state index contributed by atoms with van der Waals surface area (Å²) >= 11 is 0. The Morgan fingerprint density at radius 2 is 1.61 bits per heavy atom. The van der Waals surface area contributed by atoms with Crippen LogP contribution in [0.1, 0.15) is 71.8 Å².